The molecule has 27 heavy (non-hydrogen) atoms. The molecule has 1 aliphatic heterocycles. The van der Waals surface area contributed by atoms with Crippen LogP contribution < -0.4 is 10.6 Å². The van der Waals surface area contributed by atoms with E-state index in [9.17, 15) is 13.6 Å². The molecule has 4 nitrogen and oxygen atoms in total. The molecule has 1 amide bonds. The van der Waals surface area contributed by atoms with Gasteiger partial charge in [0.1, 0.15) is 11.6 Å². The number of carbonyl (C=O) groups is 1. The molecule has 0 aromatic heterocycles. The van der Waals surface area contributed by atoms with Crippen molar-refractivity contribution in [3.8, 4) is 0 Å². The summed E-state index contributed by atoms with van der Waals surface area (Å²) >= 11 is 0. The first-order valence-electron chi connectivity index (χ1n) is 9.26. The highest BCUT2D eigenvalue weighted by atomic mass is 19.1. The lowest BCUT2D eigenvalue weighted by Gasteiger charge is -2.27. The predicted octanol–water partition coefficient (Wildman–Crippen LogP) is 3.65. The maximum atomic E-state index is 13.7. The Morgan fingerprint density at radius 3 is 2.85 bits per heavy atom. The second kappa shape index (κ2) is 9.06. The van der Waals surface area contributed by atoms with Gasteiger partial charge in [-0.2, -0.15) is 0 Å². The molecule has 1 aliphatic rings. The van der Waals surface area contributed by atoms with Gasteiger partial charge in [-0.3, -0.25) is 4.79 Å². The zero-order chi connectivity index (χ0) is 19.2. The maximum Gasteiger partial charge on any atom is 0.255 e. The fraction of sp³-hybridized carbons (Fsp3) is 0.381. The summed E-state index contributed by atoms with van der Waals surface area (Å²) in [6, 6.07) is 10.4. The van der Waals surface area contributed by atoms with Crippen molar-refractivity contribution in [3.05, 3.63) is 65.2 Å². The van der Waals surface area contributed by atoms with E-state index in [1.54, 1.807) is 6.07 Å². The van der Waals surface area contributed by atoms with Gasteiger partial charge in [-0.05, 0) is 68.7 Å². The Morgan fingerprint density at radius 2 is 2.11 bits per heavy atom. The fourth-order valence-electron chi connectivity index (χ4n) is 3.49. The van der Waals surface area contributed by atoms with Crippen molar-refractivity contribution in [1.29, 1.82) is 0 Å². The van der Waals surface area contributed by atoms with E-state index in [0.717, 1.165) is 43.9 Å². The Hall–Kier alpha value is -2.31. The van der Waals surface area contributed by atoms with Crippen LogP contribution in [-0.2, 0) is 6.54 Å². The van der Waals surface area contributed by atoms with Crippen molar-refractivity contribution in [3.63, 3.8) is 0 Å². The van der Waals surface area contributed by atoms with E-state index in [0.29, 0.717) is 11.5 Å². The van der Waals surface area contributed by atoms with Gasteiger partial charge in [0.2, 0.25) is 0 Å². The molecule has 2 aromatic rings. The molecule has 1 atom stereocenters. The lowest BCUT2D eigenvalue weighted by Crippen LogP contribution is -2.36. The van der Waals surface area contributed by atoms with Gasteiger partial charge in [0.05, 0.1) is 5.69 Å². The van der Waals surface area contributed by atoms with Crippen LogP contribution in [0.3, 0.4) is 0 Å². The van der Waals surface area contributed by atoms with Gasteiger partial charge in [0, 0.05) is 24.7 Å². The molecule has 0 bridgehead atoms. The third-order valence-corrected chi connectivity index (χ3v) is 4.79. The molecule has 2 aromatic carbocycles. The van der Waals surface area contributed by atoms with Gasteiger partial charge in [-0.25, -0.2) is 8.78 Å². The second-order valence-electron chi connectivity index (χ2n) is 7.19. The Labute approximate surface area is 158 Å². The number of nitrogens with zero attached hydrogens (tertiary/aromatic N) is 1. The number of hydrogen-bond donors (Lipinski definition) is 2. The van der Waals surface area contributed by atoms with Crippen LogP contribution >= 0.6 is 0 Å². The standard InChI is InChI=1S/C21H25F2N3O/c1-26(14-16-5-3-9-24-12-16)13-15-4-2-6-17(10-15)21(27)25-20-8-7-18(22)11-19(20)23/h2,4,6-8,10-11,16,24H,3,5,9,12-14H2,1H3,(H,25,27)/t16-/m0/s1. The molecule has 1 heterocycles. The van der Waals surface area contributed by atoms with E-state index in [2.05, 4.69) is 22.6 Å². The molecule has 3 rings (SSSR count). The third kappa shape index (κ3) is 5.58. The molecular weight excluding hydrogens is 348 g/mol. The molecule has 0 saturated carbocycles. The van der Waals surface area contributed by atoms with Crippen molar-refractivity contribution >= 4 is 11.6 Å². The van der Waals surface area contributed by atoms with Crippen LogP contribution in [0.1, 0.15) is 28.8 Å². The summed E-state index contributed by atoms with van der Waals surface area (Å²) < 4.78 is 26.7. The van der Waals surface area contributed by atoms with Crippen LogP contribution in [0, 0.1) is 17.6 Å². The summed E-state index contributed by atoms with van der Waals surface area (Å²) in [4.78, 5) is 14.7. The predicted molar refractivity (Wildman–Crippen MR) is 103 cm³/mol. The molecule has 6 heteroatoms. The number of anilines is 1. The van der Waals surface area contributed by atoms with E-state index in [1.165, 1.54) is 18.9 Å². The van der Waals surface area contributed by atoms with E-state index in [4.69, 9.17) is 0 Å². The van der Waals surface area contributed by atoms with Crippen molar-refractivity contribution in [1.82, 2.24) is 10.2 Å². The largest absolute Gasteiger partial charge is 0.319 e. The lowest BCUT2D eigenvalue weighted by molar-refractivity contribution is 0.102. The summed E-state index contributed by atoms with van der Waals surface area (Å²) in [5, 5.41) is 5.92. The number of rotatable bonds is 6. The molecule has 1 fully saturated rings. The quantitative estimate of drug-likeness (QED) is 0.812. The van der Waals surface area contributed by atoms with Crippen LogP contribution in [0.25, 0.3) is 0 Å². The Kier molecular flexibility index (Phi) is 6.53. The first-order valence-corrected chi connectivity index (χ1v) is 9.26. The zero-order valence-corrected chi connectivity index (χ0v) is 15.5. The molecule has 144 valence electrons. The van der Waals surface area contributed by atoms with E-state index >= 15 is 0 Å². The van der Waals surface area contributed by atoms with Gasteiger partial charge in [0.15, 0.2) is 0 Å². The number of carbonyl (C=O) groups excluding carboxylic acids is 1. The molecule has 1 saturated heterocycles. The highest BCUT2D eigenvalue weighted by Crippen LogP contribution is 2.17. The summed E-state index contributed by atoms with van der Waals surface area (Å²) in [5.74, 6) is -1.23. The van der Waals surface area contributed by atoms with Crippen molar-refractivity contribution in [2.24, 2.45) is 5.92 Å². The van der Waals surface area contributed by atoms with E-state index in [1.807, 2.05) is 18.2 Å². The summed E-state index contributed by atoms with van der Waals surface area (Å²) in [6.45, 7) is 3.90. The summed E-state index contributed by atoms with van der Waals surface area (Å²) in [6.07, 6.45) is 2.46. The van der Waals surface area contributed by atoms with Crippen molar-refractivity contribution < 1.29 is 13.6 Å². The minimum absolute atomic E-state index is 0.0336. The SMILES string of the molecule is CN(Cc1cccc(C(=O)Nc2ccc(F)cc2F)c1)C[C@H]1CCCNC1. The maximum absolute atomic E-state index is 13.7. The first-order chi connectivity index (χ1) is 13.0. The lowest BCUT2D eigenvalue weighted by atomic mass is 9.99. The van der Waals surface area contributed by atoms with Gasteiger partial charge in [0.25, 0.3) is 5.91 Å². The molecule has 0 radical (unpaired) electrons. The highest BCUT2D eigenvalue weighted by Gasteiger charge is 2.16. The summed E-state index contributed by atoms with van der Waals surface area (Å²) in [7, 11) is 2.08. The number of benzene rings is 2. The normalized spacial score (nSPS) is 17.1. The Balaban J connectivity index is 1.61. The second-order valence-corrected chi connectivity index (χ2v) is 7.19. The van der Waals surface area contributed by atoms with Crippen molar-refractivity contribution in [2.45, 2.75) is 19.4 Å². The molecular formula is C21H25F2N3O. The van der Waals surface area contributed by atoms with Crippen LogP contribution in [0.15, 0.2) is 42.5 Å². The highest BCUT2D eigenvalue weighted by molar-refractivity contribution is 6.04. The average Bonchev–Trinajstić information content (AvgIpc) is 2.65. The zero-order valence-electron chi connectivity index (χ0n) is 15.5. The number of piperidine rings is 1. The van der Waals surface area contributed by atoms with E-state index in [-0.39, 0.29) is 5.69 Å². The first kappa shape index (κ1) is 19.5. The fourth-order valence-corrected chi connectivity index (χ4v) is 3.49. The Bertz CT molecular complexity index is 791. The van der Waals surface area contributed by atoms with Crippen molar-refractivity contribution in [2.75, 3.05) is 32.0 Å². The molecule has 2 N–H and O–H groups in total. The Morgan fingerprint density at radius 1 is 1.26 bits per heavy atom. The minimum atomic E-state index is -0.791. The molecule has 0 aliphatic carbocycles. The monoisotopic (exact) mass is 373 g/mol. The van der Waals surface area contributed by atoms with Crippen LogP contribution in [0.5, 0.6) is 0 Å². The van der Waals surface area contributed by atoms with Crippen LogP contribution in [-0.4, -0.2) is 37.5 Å². The van der Waals surface area contributed by atoms with Gasteiger partial charge in [-0.15, -0.1) is 0 Å². The topological polar surface area (TPSA) is 44.4 Å². The van der Waals surface area contributed by atoms with Crippen LogP contribution in [0.2, 0.25) is 0 Å². The summed E-state index contributed by atoms with van der Waals surface area (Å²) in [5.41, 5.74) is 1.44. The van der Waals surface area contributed by atoms with Crippen LogP contribution in [0.4, 0.5) is 14.5 Å². The number of nitrogens with one attached hydrogen (secondary N) is 2. The average molecular weight is 373 g/mol. The number of hydrogen-bond acceptors (Lipinski definition) is 3. The number of amides is 1. The van der Waals surface area contributed by atoms with Gasteiger partial charge < -0.3 is 15.5 Å². The molecule has 0 spiro atoms. The molecule has 0 unspecified atom stereocenters. The van der Waals surface area contributed by atoms with Gasteiger partial charge in [-0.1, -0.05) is 12.1 Å². The third-order valence-electron chi connectivity index (χ3n) is 4.79. The smallest absolute Gasteiger partial charge is 0.255 e. The minimum Gasteiger partial charge on any atom is -0.319 e. The number of halogens is 2. The van der Waals surface area contributed by atoms with E-state index < -0.39 is 17.5 Å². The van der Waals surface area contributed by atoms with Gasteiger partial charge >= 0.3 is 0 Å².